The van der Waals surface area contributed by atoms with Crippen LogP contribution in [0.4, 0.5) is 0 Å². The number of ketones is 1. The van der Waals surface area contributed by atoms with E-state index in [1.807, 2.05) is 27.7 Å². The molecule has 4 heteroatoms. The third-order valence-electron chi connectivity index (χ3n) is 5.88. The highest BCUT2D eigenvalue weighted by Crippen LogP contribution is 2.41. The van der Waals surface area contributed by atoms with Crippen molar-refractivity contribution in [3.8, 4) is 0 Å². The maximum atomic E-state index is 13.1. The van der Waals surface area contributed by atoms with Crippen molar-refractivity contribution in [3.63, 3.8) is 0 Å². The van der Waals surface area contributed by atoms with Crippen molar-refractivity contribution in [2.24, 2.45) is 5.92 Å². The first-order valence-electron chi connectivity index (χ1n) is 10.3. The van der Waals surface area contributed by atoms with E-state index < -0.39 is 23.8 Å². The number of benzene rings is 1. The lowest BCUT2D eigenvalue weighted by atomic mass is 9.88. The number of hydrogen-bond acceptors (Lipinski definition) is 4. The lowest BCUT2D eigenvalue weighted by Gasteiger charge is -2.25. The average molecular weight is 412 g/mol. The van der Waals surface area contributed by atoms with Crippen LogP contribution in [-0.4, -0.2) is 18.0 Å². The maximum Gasteiger partial charge on any atom is 0.342 e. The number of aldehydes is 1. The van der Waals surface area contributed by atoms with E-state index in [1.165, 1.54) is 12.2 Å². The molecule has 2 unspecified atom stereocenters. The number of carbonyl (C=O) groups excluding carboxylic acids is 3. The quantitative estimate of drug-likeness (QED) is 0.315. The van der Waals surface area contributed by atoms with Crippen molar-refractivity contribution >= 4 is 18.0 Å². The largest absolute Gasteiger partial charge is 0.449 e. The SMILES string of the molecule is CC1=CC(=C2Cc3cc(C)c(c(C)c3)C2OC(=O)C2=CC=CC(C=O)C2=O)C=C(C)[C]1. The van der Waals surface area contributed by atoms with Gasteiger partial charge in [0, 0.05) is 12.0 Å². The van der Waals surface area contributed by atoms with E-state index in [1.54, 1.807) is 6.08 Å². The van der Waals surface area contributed by atoms with Crippen molar-refractivity contribution in [1.29, 1.82) is 0 Å². The molecule has 0 saturated carbocycles. The molecule has 2 atom stereocenters. The lowest BCUT2D eigenvalue weighted by molar-refractivity contribution is -0.144. The van der Waals surface area contributed by atoms with Gasteiger partial charge in [-0.05, 0) is 68.0 Å². The third-order valence-corrected chi connectivity index (χ3v) is 5.88. The Hall–Kier alpha value is -3.27. The molecule has 0 spiro atoms. The predicted molar refractivity (Wildman–Crippen MR) is 118 cm³/mol. The molecular formula is C27H24O4. The molecule has 2 radical (unpaired) electrons. The first-order valence-corrected chi connectivity index (χ1v) is 10.3. The summed E-state index contributed by atoms with van der Waals surface area (Å²) in [6.45, 7) is 8.02. The molecule has 31 heavy (non-hydrogen) atoms. The smallest absolute Gasteiger partial charge is 0.342 e. The van der Waals surface area contributed by atoms with Crippen LogP contribution in [0.3, 0.4) is 0 Å². The monoisotopic (exact) mass is 412 g/mol. The molecule has 4 aliphatic rings. The Morgan fingerprint density at radius 1 is 1.10 bits per heavy atom. The Kier molecular flexibility index (Phi) is 5.48. The van der Waals surface area contributed by atoms with Crippen LogP contribution in [0.2, 0.25) is 0 Å². The number of esters is 1. The molecule has 0 fully saturated rings. The molecule has 0 aromatic heterocycles. The summed E-state index contributed by atoms with van der Waals surface area (Å²) in [6, 6.07) is 4.25. The molecule has 0 saturated heterocycles. The molecule has 0 amide bonds. The van der Waals surface area contributed by atoms with Gasteiger partial charge in [0.15, 0.2) is 11.9 Å². The van der Waals surface area contributed by atoms with Crippen molar-refractivity contribution in [1.82, 2.24) is 0 Å². The van der Waals surface area contributed by atoms with Crippen molar-refractivity contribution in [3.05, 3.63) is 99.1 Å². The Bertz CT molecular complexity index is 1110. The number of fused-ring (bicyclic) bond motifs is 4. The van der Waals surface area contributed by atoms with Crippen LogP contribution >= 0.6 is 0 Å². The fraction of sp³-hybridized carbons (Fsp3) is 0.259. The van der Waals surface area contributed by atoms with Gasteiger partial charge in [-0.2, -0.15) is 0 Å². The van der Waals surface area contributed by atoms with Gasteiger partial charge in [0.1, 0.15) is 11.9 Å². The molecule has 0 aliphatic heterocycles. The number of Topliss-reactive ketones (excluding diaryl/α,β-unsaturated/α-hetero) is 1. The summed E-state index contributed by atoms with van der Waals surface area (Å²) in [5, 5.41) is 0. The highest BCUT2D eigenvalue weighted by atomic mass is 16.5. The normalized spacial score (nSPS) is 22.6. The summed E-state index contributed by atoms with van der Waals surface area (Å²) < 4.78 is 6.03. The van der Waals surface area contributed by atoms with Gasteiger partial charge in [-0.1, -0.05) is 47.6 Å². The zero-order chi connectivity index (χ0) is 22.3. The zero-order valence-electron chi connectivity index (χ0n) is 18.1. The fourth-order valence-corrected chi connectivity index (χ4v) is 4.59. The van der Waals surface area contributed by atoms with Crippen molar-refractivity contribution in [2.45, 2.75) is 40.2 Å². The standard InChI is InChI=1S/C27H24O4/c1-15-8-16(2)10-21(9-15)23-13-19-11-17(3)24(18(4)12-19)26(23)31-27(30)22-7-5-6-20(14-28)25(22)29/h5-7,9-12,14,20,26H,13H2,1-4H3. The molecule has 156 valence electrons. The van der Waals surface area contributed by atoms with Gasteiger partial charge < -0.3 is 9.53 Å². The number of allylic oxidation sites excluding steroid dienone is 8. The number of aryl methyl sites for hydroxylation is 2. The van der Waals surface area contributed by atoms with Crippen LogP contribution in [0.1, 0.15) is 42.2 Å². The topological polar surface area (TPSA) is 60.4 Å². The molecule has 2 bridgehead atoms. The first-order chi connectivity index (χ1) is 14.8. The summed E-state index contributed by atoms with van der Waals surface area (Å²) in [5.74, 6) is -2.17. The van der Waals surface area contributed by atoms with E-state index in [0.717, 1.165) is 44.5 Å². The van der Waals surface area contributed by atoms with E-state index in [4.69, 9.17) is 4.74 Å². The van der Waals surface area contributed by atoms with Gasteiger partial charge in [-0.25, -0.2) is 4.79 Å². The van der Waals surface area contributed by atoms with E-state index in [-0.39, 0.29) is 5.57 Å². The predicted octanol–water partition coefficient (Wildman–Crippen LogP) is 4.61. The van der Waals surface area contributed by atoms with Crippen molar-refractivity contribution in [2.75, 3.05) is 0 Å². The Morgan fingerprint density at radius 2 is 1.74 bits per heavy atom. The minimum Gasteiger partial charge on any atom is -0.449 e. The van der Waals surface area contributed by atoms with E-state index in [0.29, 0.717) is 12.7 Å². The van der Waals surface area contributed by atoms with E-state index in [2.05, 4.69) is 30.7 Å². The summed E-state index contributed by atoms with van der Waals surface area (Å²) in [4.78, 5) is 36.8. The van der Waals surface area contributed by atoms with Crippen LogP contribution in [0.25, 0.3) is 0 Å². The lowest BCUT2D eigenvalue weighted by Crippen LogP contribution is -2.26. The summed E-state index contributed by atoms with van der Waals surface area (Å²) in [5.41, 5.74) is 8.11. The minimum atomic E-state index is -0.942. The molecule has 1 aromatic carbocycles. The summed E-state index contributed by atoms with van der Waals surface area (Å²) >= 11 is 0. The van der Waals surface area contributed by atoms with Crippen molar-refractivity contribution < 1.29 is 19.1 Å². The number of carbonyl (C=O) groups is 3. The highest BCUT2D eigenvalue weighted by Gasteiger charge is 2.34. The summed E-state index contributed by atoms with van der Waals surface area (Å²) in [7, 11) is 0. The van der Waals surface area contributed by atoms with E-state index in [9.17, 15) is 14.4 Å². The molecule has 4 aliphatic carbocycles. The molecule has 5 rings (SSSR count). The second kappa shape index (κ2) is 8.10. The number of hydrogen-bond donors (Lipinski definition) is 0. The van der Waals surface area contributed by atoms with Crippen LogP contribution in [0.5, 0.6) is 0 Å². The first kappa shape index (κ1) is 21.0. The van der Waals surface area contributed by atoms with E-state index >= 15 is 0 Å². The number of ether oxygens (including phenoxy) is 1. The van der Waals surface area contributed by atoms with Gasteiger partial charge in [-0.3, -0.25) is 4.79 Å². The molecule has 4 nitrogen and oxygen atoms in total. The summed E-state index contributed by atoms with van der Waals surface area (Å²) in [6.07, 6.45) is 12.4. The third kappa shape index (κ3) is 3.90. The molecule has 0 heterocycles. The van der Waals surface area contributed by atoms with Gasteiger partial charge in [-0.15, -0.1) is 0 Å². The van der Waals surface area contributed by atoms with Gasteiger partial charge in [0.2, 0.25) is 0 Å². The second-order valence-electron chi connectivity index (χ2n) is 8.36. The minimum absolute atomic E-state index is 0.0944. The zero-order valence-corrected chi connectivity index (χ0v) is 18.1. The highest BCUT2D eigenvalue weighted by molar-refractivity contribution is 6.22. The van der Waals surface area contributed by atoms with Crippen LogP contribution < -0.4 is 0 Å². The molecule has 0 N–H and O–H groups in total. The Morgan fingerprint density at radius 3 is 2.35 bits per heavy atom. The van der Waals surface area contributed by atoms with Crippen LogP contribution in [0.15, 0.2) is 70.4 Å². The molecular weight excluding hydrogens is 388 g/mol. The van der Waals surface area contributed by atoms with Crippen LogP contribution in [-0.2, 0) is 25.5 Å². The second-order valence-corrected chi connectivity index (χ2v) is 8.36. The molecule has 1 aromatic rings. The van der Waals surface area contributed by atoms with Gasteiger partial charge in [0.05, 0.1) is 5.92 Å². The van der Waals surface area contributed by atoms with Gasteiger partial charge >= 0.3 is 5.97 Å². The number of rotatable bonds is 3. The Balaban J connectivity index is 1.80. The van der Waals surface area contributed by atoms with Crippen LogP contribution in [0, 0.1) is 26.2 Å². The maximum absolute atomic E-state index is 13.1. The Labute approximate surface area is 182 Å². The average Bonchev–Trinajstić information content (AvgIpc) is 2.91. The van der Waals surface area contributed by atoms with Gasteiger partial charge in [0.25, 0.3) is 0 Å². The fourth-order valence-electron chi connectivity index (χ4n) is 4.59.